The van der Waals surface area contributed by atoms with Gasteiger partial charge in [0.15, 0.2) is 0 Å². The van der Waals surface area contributed by atoms with Crippen molar-refractivity contribution < 1.29 is 9.53 Å². The average Bonchev–Trinajstić information content (AvgIpc) is 3.49. The van der Waals surface area contributed by atoms with Gasteiger partial charge in [0.05, 0.1) is 28.3 Å². The Hall–Kier alpha value is -3.61. The van der Waals surface area contributed by atoms with E-state index >= 15 is 0 Å². The minimum atomic E-state index is -0.172. The smallest absolute Gasteiger partial charge is 0.265 e. The molecule has 5 aromatic rings. The number of rotatable bonds is 7. The third-order valence-electron chi connectivity index (χ3n) is 5.46. The third kappa shape index (κ3) is 4.98. The fourth-order valence-electron chi connectivity index (χ4n) is 3.76. The van der Waals surface area contributed by atoms with Gasteiger partial charge in [0.1, 0.15) is 12.4 Å². The summed E-state index contributed by atoms with van der Waals surface area (Å²) in [5.41, 5.74) is 3.82. The van der Waals surface area contributed by atoms with E-state index in [0.717, 1.165) is 11.1 Å². The number of nitrogens with zero attached hydrogens (tertiary/aromatic N) is 2. The number of amides is 1. The standard InChI is InChI=1S/C27H22ClN3O2S/c1-18-9-10-24(28)25(11-18)33-16-19-12-26(34-17-19)27(32)30-22-13-29-31(15-22)14-21-7-4-6-20-5-2-3-8-23(20)21/h2-13,15,17H,14,16H2,1H3,(H,30,32). The first-order valence-corrected chi connectivity index (χ1v) is 12.1. The molecule has 1 N–H and O–H groups in total. The van der Waals surface area contributed by atoms with Crippen molar-refractivity contribution in [1.82, 2.24) is 9.78 Å². The van der Waals surface area contributed by atoms with E-state index in [4.69, 9.17) is 16.3 Å². The van der Waals surface area contributed by atoms with E-state index in [2.05, 4.69) is 40.7 Å². The number of fused-ring (bicyclic) bond motifs is 1. The van der Waals surface area contributed by atoms with Crippen LogP contribution in [0.25, 0.3) is 10.8 Å². The van der Waals surface area contributed by atoms with Crippen LogP contribution in [0, 0.1) is 6.92 Å². The van der Waals surface area contributed by atoms with Gasteiger partial charge in [-0.2, -0.15) is 5.10 Å². The molecule has 0 unspecified atom stereocenters. The van der Waals surface area contributed by atoms with Gasteiger partial charge in [0, 0.05) is 11.8 Å². The molecule has 0 aliphatic carbocycles. The highest BCUT2D eigenvalue weighted by molar-refractivity contribution is 7.12. The molecule has 0 fully saturated rings. The van der Waals surface area contributed by atoms with Crippen LogP contribution in [0.4, 0.5) is 5.69 Å². The maximum absolute atomic E-state index is 12.7. The van der Waals surface area contributed by atoms with E-state index in [-0.39, 0.29) is 5.91 Å². The highest BCUT2D eigenvalue weighted by Gasteiger charge is 2.12. The molecular weight excluding hydrogens is 466 g/mol. The first-order valence-electron chi connectivity index (χ1n) is 10.8. The summed E-state index contributed by atoms with van der Waals surface area (Å²) in [6.45, 7) is 2.95. The number of aromatic nitrogens is 2. The van der Waals surface area contributed by atoms with E-state index < -0.39 is 0 Å². The Morgan fingerprint density at radius 2 is 1.97 bits per heavy atom. The maximum Gasteiger partial charge on any atom is 0.265 e. The Morgan fingerprint density at radius 1 is 1.12 bits per heavy atom. The van der Waals surface area contributed by atoms with Gasteiger partial charge in [-0.05, 0) is 52.4 Å². The molecule has 34 heavy (non-hydrogen) atoms. The van der Waals surface area contributed by atoms with Crippen LogP contribution < -0.4 is 10.1 Å². The summed E-state index contributed by atoms with van der Waals surface area (Å²) in [6, 6.07) is 22.0. The molecule has 3 aromatic carbocycles. The molecule has 0 radical (unpaired) electrons. The van der Waals surface area contributed by atoms with Gasteiger partial charge in [-0.1, -0.05) is 60.1 Å². The first-order chi connectivity index (χ1) is 16.5. The van der Waals surface area contributed by atoms with Crippen LogP contribution >= 0.6 is 22.9 Å². The molecule has 0 saturated carbocycles. The van der Waals surface area contributed by atoms with Crippen LogP contribution in [0.15, 0.2) is 84.5 Å². The number of benzene rings is 3. The van der Waals surface area contributed by atoms with Crippen LogP contribution in [-0.2, 0) is 13.2 Å². The zero-order chi connectivity index (χ0) is 23.5. The molecule has 0 bridgehead atoms. The summed E-state index contributed by atoms with van der Waals surface area (Å²) in [5.74, 6) is 0.465. The molecule has 2 heterocycles. The lowest BCUT2D eigenvalue weighted by Crippen LogP contribution is -2.09. The molecule has 0 aliphatic rings. The van der Waals surface area contributed by atoms with Crippen LogP contribution in [0.5, 0.6) is 5.75 Å². The molecule has 0 aliphatic heterocycles. The molecule has 0 saturated heterocycles. The summed E-state index contributed by atoms with van der Waals surface area (Å²) in [7, 11) is 0. The number of hydrogen-bond donors (Lipinski definition) is 1. The van der Waals surface area contributed by atoms with Gasteiger partial charge in [-0.3, -0.25) is 9.48 Å². The molecular formula is C27H22ClN3O2S. The average molecular weight is 488 g/mol. The van der Waals surface area contributed by atoms with Crippen molar-refractivity contribution in [2.45, 2.75) is 20.1 Å². The molecule has 7 heteroatoms. The topological polar surface area (TPSA) is 56.1 Å². The second-order valence-corrected chi connectivity index (χ2v) is 9.38. The number of carbonyl (C=O) groups excluding carboxylic acids is 1. The lowest BCUT2D eigenvalue weighted by atomic mass is 10.0. The van der Waals surface area contributed by atoms with Crippen molar-refractivity contribution in [3.8, 4) is 5.75 Å². The van der Waals surface area contributed by atoms with Gasteiger partial charge >= 0.3 is 0 Å². The van der Waals surface area contributed by atoms with E-state index in [0.29, 0.717) is 34.5 Å². The first kappa shape index (κ1) is 22.2. The monoisotopic (exact) mass is 487 g/mol. The number of hydrogen-bond acceptors (Lipinski definition) is 4. The van der Waals surface area contributed by atoms with Crippen LogP contribution in [0.1, 0.15) is 26.4 Å². The van der Waals surface area contributed by atoms with E-state index in [1.54, 1.807) is 6.20 Å². The SMILES string of the molecule is Cc1ccc(Cl)c(OCc2csc(C(=O)Nc3cnn(Cc4cccc5ccccc45)c3)c2)c1. The molecule has 0 atom stereocenters. The van der Waals surface area contributed by atoms with Crippen molar-refractivity contribution in [2.75, 3.05) is 5.32 Å². The minimum absolute atomic E-state index is 0.172. The quantitative estimate of drug-likeness (QED) is 0.270. The number of ether oxygens (including phenoxy) is 1. The largest absolute Gasteiger partial charge is 0.487 e. The minimum Gasteiger partial charge on any atom is -0.487 e. The Kier molecular flexibility index (Phi) is 6.34. The van der Waals surface area contributed by atoms with E-state index in [1.165, 1.54) is 27.7 Å². The highest BCUT2D eigenvalue weighted by atomic mass is 35.5. The predicted octanol–water partition coefficient (Wildman–Crippen LogP) is 6.94. The van der Waals surface area contributed by atoms with Gasteiger partial charge < -0.3 is 10.1 Å². The maximum atomic E-state index is 12.7. The Morgan fingerprint density at radius 3 is 2.88 bits per heavy atom. The van der Waals surface area contributed by atoms with E-state index in [1.807, 2.05) is 59.6 Å². The number of carbonyl (C=O) groups is 1. The van der Waals surface area contributed by atoms with Crippen molar-refractivity contribution in [3.63, 3.8) is 0 Å². The number of nitrogens with one attached hydrogen (secondary N) is 1. The Bertz CT molecular complexity index is 1470. The Labute approximate surface area is 206 Å². The third-order valence-corrected chi connectivity index (χ3v) is 6.75. The lowest BCUT2D eigenvalue weighted by Gasteiger charge is -2.07. The van der Waals surface area contributed by atoms with Gasteiger partial charge in [0.2, 0.25) is 0 Å². The van der Waals surface area contributed by atoms with Gasteiger partial charge in [-0.25, -0.2) is 0 Å². The predicted molar refractivity (Wildman–Crippen MR) is 138 cm³/mol. The highest BCUT2D eigenvalue weighted by Crippen LogP contribution is 2.27. The summed E-state index contributed by atoms with van der Waals surface area (Å²) < 4.78 is 7.67. The zero-order valence-corrected chi connectivity index (χ0v) is 20.1. The van der Waals surface area contributed by atoms with Crippen LogP contribution in [0.2, 0.25) is 5.02 Å². The summed E-state index contributed by atoms with van der Waals surface area (Å²) in [6.07, 6.45) is 3.51. The van der Waals surface area contributed by atoms with Crippen LogP contribution in [-0.4, -0.2) is 15.7 Å². The Balaban J connectivity index is 1.22. The van der Waals surface area contributed by atoms with E-state index in [9.17, 15) is 4.79 Å². The van der Waals surface area contributed by atoms with Crippen molar-refractivity contribution >= 4 is 45.3 Å². The molecule has 1 amide bonds. The fourth-order valence-corrected chi connectivity index (χ4v) is 4.73. The summed E-state index contributed by atoms with van der Waals surface area (Å²) >= 11 is 7.57. The second kappa shape index (κ2) is 9.71. The molecule has 0 spiro atoms. The van der Waals surface area contributed by atoms with Crippen molar-refractivity contribution in [3.05, 3.63) is 111 Å². The van der Waals surface area contributed by atoms with Crippen molar-refractivity contribution in [1.29, 1.82) is 0 Å². The molecule has 5 nitrogen and oxygen atoms in total. The van der Waals surface area contributed by atoms with Gasteiger partial charge in [-0.15, -0.1) is 11.3 Å². The number of thiophene rings is 1. The van der Waals surface area contributed by atoms with Crippen LogP contribution in [0.3, 0.4) is 0 Å². The molecule has 5 rings (SSSR count). The molecule has 170 valence electrons. The number of anilines is 1. The summed E-state index contributed by atoms with van der Waals surface area (Å²) in [5, 5.41) is 12.2. The molecule has 2 aromatic heterocycles. The summed E-state index contributed by atoms with van der Waals surface area (Å²) in [4.78, 5) is 13.4. The lowest BCUT2D eigenvalue weighted by molar-refractivity contribution is 0.103. The normalized spacial score (nSPS) is 11.0. The fraction of sp³-hybridized carbons (Fsp3) is 0.111. The van der Waals surface area contributed by atoms with Crippen molar-refractivity contribution in [2.24, 2.45) is 0 Å². The van der Waals surface area contributed by atoms with Gasteiger partial charge in [0.25, 0.3) is 5.91 Å². The second-order valence-electron chi connectivity index (χ2n) is 8.06. The number of halogens is 1. The zero-order valence-electron chi connectivity index (χ0n) is 18.5. The number of aryl methyl sites for hydroxylation is 1.